The molecule has 0 aromatic carbocycles. The van der Waals surface area contributed by atoms with Gasteiger partial charge in [0.05, 0.1) is 17.5 Å². The molecule has 1 aliphatic carbocycles. The molecule has 4 rings (SSSR count). The molecule has 0 radical (unpaired) electrons. The fourth-order valence-corrected chi connectivity index (χ4v) is 3.99. The fourth-order valence-electron chi connectivity index (χ4n) is 3.23. The van der Waals surface area contributed by atoms with E-state index in [1.54, 1.807) is 4.68 Å². The predicted molar refractivity (Wildman–Crippen MR) is 95.6 cm³/mol. The summed E-state index contributed by atoms with van der Waals surface area (Å²) < 4.78 is 4.77. The number of rotatable bonds is 4. The van der Waals surface area contributed by atoms with Crippen LogP contribution in [0.25, 0.3) is 22.4 Å². The van der Waals surface area contributed by atoms with Gasteiger partial charge in [-0.05, 0) is 41.3 Å². The first-order valence-corrected chi connectivity index (χ1v) is 9.03. The van der Waals surface area contributed by atoms with Gasteiger partial charge in [0.25, 0.3) is 0 Å². The Balaban J connectivity index is 1.96. The molecule has 0 aliphatic heterocycles. The first kappa shape index (κ1) is 15.8. The van der Waals surface area contributed by atoms with Crippen molar-refractivity contribution in [1.29, 1.82) is 0 Å². The Kier molecular flexibility index (Phi) is 3.73. The number of nitrogens with zero attached hydrogens (tertiary/aromatic N) is 5. The van der Waals surface area contributed by atoms with E-state index in [9.17, 15) is 5.11 Å². The number of pyridine rings is 1. The van der Waals surface area contributed by atoms with E-state index in [0.29, 0.717) is 23.7 Å². The quantitative estimate of drug-likeness (QED) is 0.741. The van der Waals surface area contributed by atoms with Gasteiger partial charge in [-0.2, -0.15) is 5.10 Å². The minimum atomic E-state index is -0.633. The number of imidazole rings is 1. The highest BCUT2D eigenvalue weighted by molar-refractivity contribution is 9.10. The van der Waals surface area contributed by atoms with Gasteiger partial charge in [-0.1, -0.05) is 6.92 Å². The number of fused-ring (bicyclic) bond motifs is 1. The number of aryl methyl sites for hydroxylation is 1. The summed E-state index contributed by atoms with van der Waals surface area (Å²) in [5.74, 6) is 1.42. The lowest BCUT2D eigenvalue weighted by Gasteiger charge is -2.13. The zero-order valence-electron chi connectivity index (χ0n) is 14.0. The Hall–Kier alpha value is -1.73. The van der Waals surface area contributed by atoms with E-state index in [-0.39, 0.29) is 0 Å². The summed E-state index contributed by atoms with van der Waals surface area (Å²) in [7, 11) is 3.91. The molecule has 1 atom stereocenters. The van der Waals surface area contributed by atoms with Crippen LogP contribution in [0.4, 0.5) is 0 Å². The lowest BCUT2D eigenvalue weighted by Crippen LogP contribution is -2.06. The summed E-state index contributed by atoms with van der Waals surface area (Å²) in [5, 5.41) is 15.8. The molecular formula is C17H20BrN5O. The number of aliphatic hydroxyl groups is 1. The van der Waals surface area contributed by atoms with Crippen LogP contribution in [0.15, 0.2) is 16.9 Å². The van der Waals surface area contributed by atoms with Crippen molar-refractivity contribution in [1.82, 2.24) is 24.3 Å². The van der Waals surface area contributed by atoms with Crippen LogP contribution in [0.1, 0.15) is 49.6 Å². The zero-order valence-corrected chi connectivity index (χ0v) is 15.6. The van der Waals surface area contributed by atoms with E-state index in [2.05, 4.69) is 30.6 Å². The third-order valence-corrected chi connectivity index (χ3v) is 5.22. The summed E-state index contributed by atoms with van der Waals surface area (Å²) in [5.41, 5.74) is 3.40. The molecule has 3 heterocycles. The summed E-state index contributed by atoms with van der Waals surface area (Å²) in [4.78, 5) is 9.37. The van der Waals surface area contributed by atoms with Gasteiger partial charge in [0.1, 0.15) is 10.4 Å². The summed E-state index contributed by atoms with van der Waals surface area (Å²) >= 11 is 3.61. The number of aliphatic hydroxyl groups excluding tert-OH is 1. The summed E-state index contributed by atoms with van der Waals surface area (Å²) in [6.07, 6.45) is 4.32. The topological polar surface area (TPSA) is 68.8 Å². The van der Waals surface area contributed by atoms with Crippen molar-refractivity contribution >= 4 is 27.0 Å². The van der Waals surface area contributed by atoms with Gasteiger partial charge in [-0.25, -0.2) is 9.97 Å². The molecule has 1 fully saturated rings. The molecular weight excluding hydrogens is 370 g/mol. The molecule has 6 nitrogen and oxygen atoms in total. The Morgan fingerprint density at radius 3 is 2.75 bits per heavy atom. The maximum atomic E-state index is 10.5. The van der Waals surface area contributed by atoms with E-state index in [1.807, 2.05) is 33.3 Å². The largest absolute Gasteiger partial charge is 0.387 e. The Morgan fingerprint density at radius 1 is 1.33 bits per heavy atom. The second-order valence-electron chi connectivity index (χ2n) is 6.51. The third kappa shape index (κ3) is 2.46. The molecule has 0 spiro atoms. The number of halogens is 1. The highest BCUT2D eigenvalue weighted by atomic mass is 79.9. The van der Waals surface area contributed by atoms with Gasteiger partial charge in [-0.3, -0.25) is 4.68 Å². The molecule has 0 amide bonds. The Labute approximate surface area is 148 Å². The Bertz CT molecular complexity index is 925. The minimum absolute atomic E-state index is 0.584. The van der Waals surface area contributed by atoms with Crippen molar-refractivity contribution in [2.24, 2.45) is 14.1 Å². The van der Waals surface area contributed by atoms with Gasteiger partial charge in [0.15, 0.2) is 5.65 Å². The molecule has 1 saturated carbocycles. The second-order valence-corrected chi connectivity index (χ2v) is 7.26. The number of hydrogen-bond acceptors (Lipinski definition) is 4. The molecule has 24 heavy (non-hydrogen) atoms. The van der Waals surface area contributed by atoms with E-state index >= 15 is 0 Å². The lowest BCUT2D eigenvalue weighted by molar-refractivity contribution is 0.170. The van der Waals surface area contributed by atoms with Crippen LogP contribution in [0.5, 0.6) is 0 Å². The molecule has 3 aromatic heterocycles. The van der Waals surface area contributed by atoms with Crippen molar-refractivity contribution in [3.63, 3.8) is 0 Å². The highest BCUT2D eigenvalue weighted by Gasteiger charge is 2.31. The van der Waals surface area contributed by atoms with Crippen molar-refractivity contribution < 1.29 is 5.11 Å². The first-order valence-electron chi connectivity index (χ1n) is 8.24. The van der Waals surface area contributed by atoms with Gasteiger partial charge in [0.2, 0.25) is 0 Å². The molecule has 3 aromatic rings. The van der Waals surface area contributed by atoms with Crippen molar-refractivity contribution in [3.8, 4) is 11.4 Å². The van der Waals surface area contributed by atoms with Crippen LogP contribution in [0.2, 0.25) is 0 Å². The van der Waals surface area contributed by atoms with Crippen LogP contribution in [-0.4, -0.2) is 29.4 Å². The minimum Gasteiger partial charge on any atom is -0.387 e. The third-order valence-electron chi connectivity index (χ3n) is 4.64. The van der Waals surface area contributed by atoms with Crippen LogP contribution in [0.3, 0.4) is 0 Å². The van der Waals surface area contributed by atoms with E-state index < -0.39 is 6.10 Å². The molecule has 1 N–H and O–H groups in total. The van der Waals surface area contributed by atoms with Crippen LogP contribution < -0.4 is 0 Å². The molecule has 0 bridgehead atoms. The predicted octanol–water partition coefficient (Wildman–Crippen LogP) is 3.45. The highest BCUT2D eigenvalue weighted by Crippen LogP contribution is 2.45. The van der Waals surface area contributed by atoms with Gasteiger partial charge >= 0.3 is 0 Å². The maximum absolute atomic E-state index is 10.5. The van der Waals surface area contributed by atoms with Crippen molar-refractivity contribution in [2.75, 3.05) is 0 Å². The standard InChI is InChI=1S/C17H20BrN5O/c1-4-12(24)13-11(7-10-8-22(2)21-16(10)19-13)17-20-15(18)14(23(17)3)9-5-6-9/h7-9,12,24H,4-6H2,1-3H3/t12-/m1/s1. The molecule has 1 aliphatic rings. The van der Waals surface area contributed by atoms with Gasteiger partial charge in [-0.15, -0.1) is 0 Å². The molecule has 7 heteroatoms. The van der Waals surface area contributed by atoms with Gasteiger partial charge < -0.3 is 9.67 Å². The SMILES string of the molecule is CC[C@@H](O)c1nc2nn(C)cc2cc1-c1nc(Br)c(C2CC2)n1C. The first-order chi connectivity index (χ1) is 11.5. The van der Waals surface area contributed by atoms with Crippen molar-refractivity contribution in [2.45, 2.75) is 38.2 Å². The zero-order chi connectivity index (χ0) is 17.0. The smallest absolute Gasteiger partial charge is 0.181 e. The van der Waals surface area contributed by atoms with Crippen molar-refractivity contribution in [3.05, 3.63) is 28.3 Å². The number of hydrogen-bond donors (Lipinski definition) is 1. The van der Waals surface area contributed by atoms with Crippen LogP contribution >= 0.6 is 15.9 Å². The summed E-state index contributed by atoms with van der Waals surface area (Å²) in [6, 6.07) is 2.04. The average molecular weight is 390 g/mol. The van der Waals surface area contributed by atoms with Crippen LogP contribution in [-0.2, 0) is 14.1 Å². The van der Waals surface area contributed by atoms with Gasteiger partial charge in [0, 0.05) is 37.2 Å². The monoisotopic (exact) mass is 389 g/mol. The fraction of sp³-hybridized carbons (Fsp3) is 0.471. The normalized spacial score (nSPS) is 16.0. The molecule has 126 valence electrons. The van der Waals surface area contributed by atoms with E-state index in [4.69, 9.17) is 4.98 Å². The lowest BCUT2D eigenvalue weighted by atomic mass is 10.1. The Morgan fingerprint density at radius 2 is 2.08 bits per heavy atom. The number of aromatic nitrogens is 5. The van der Waals surface area contributed by atoms with E-state index in [1.165, 1.54) is 18.5 Å². The maximum Gasteiger partial charge on any atom is 0.181 e. The second kappa shape index (κ2) is 5.67. The summed E-state index contributed by atoms with van der Waals surface area (Å²) in [6.45, 7) is 1.95. The molecule has 0 saturated heterocycles. The van der Waals surface area contributed by atoms with E-state index in [0.717, 1.165) is 21.4 Å². The average Bonchev–Trinajstić information content (AvgIpc) is 3.24. The molecule has 0 unspecified atom stereocenters. The van der Waals surface area contributed by atoms with Crippen LogP contribution in [0, 0.1) is 0 Å².